The highest BCUT2D eigenvalue weighted by molar-refractivity contribution is 7.99. The SMILES string of the molecule is CC[C@@H](C(=O)NC(C)(C)C)N(Cc1ccccc1Cl)C(=O)CSCc1cccc(Cl)c1. The van der Waals surface area contributed by atoms with E-state index in [1.54, 1.807) is 11.0 Å². The third-order valence-electron chi connectivity index (χ3n) is 4.57. The van der Waals surface area contributed by atoms with Crippen LogP contribution in [0.3, 0.4) is 0 Å². The highest BCUT2D eigenvalue weighted by Gasteiger charge is 2.30. The van der Waals surface area contributed by atoms with Crippen LogP contribution in [0.15, 0.2) is 48.5 Å². The molecule has 0 saturated heterocycles. The lowest BCUT2D eigenvalue weighted by Crippen LogP contribution is -2.53. The van der Waals surface area contributed by atoms with Crippen molar-refractivity contribution < 1.29 is 9.59 Å². The molecule has 2 aromatic rings. The molecule has 2 aromatic carbocycles. The lowest BCUT2D eigenvalue weighted by molar-refractivity contribution is -0.140. The van der Waals surface area contributed by atoms with Gasteiger partial charge in [-0.05, 0) is 56.5 Å². The first-order valence-electron chi connectivity index (χ1n) is 10.3. The fraction of sp³-hybridized carbons (Fsp3) is 0.417. The molecule has 0 saturated carbocycles. The van der Waals surface area contributed by atoms with E-state index in [1.165, 1.54) is 11.8 Å². The second kappa shape index (κ2) is 11.8. The fourth-order valence-electron chi connectivity index (χ4n) is 3.15. The molecular weight excluding hydrogens is 451 g/mol. The summed E-state index contributed by atoms with van der Waals surface area (Å²) in [6, 6.07) is 14.4. The molecule has 1 N–H and O–H groups in total. The van der Waals surface area contributed by atoms with Gasteiger partial charge in [-0.15, -0.1) is 11.8 Å². The van der Waals surface area contributed by atoms with Gasteiger partial charge in [0, 0.05) is 27.9 Å². The van der Waals surface area contributed by atoms with Gasteiger partial charge >= 0.3 is 0 Å². The van der Waals surface area contributed by atoms with Crippen LogP contribution in [0.4, 0.5) is 0 Å². The van der Waals surface area contributed by atoms with Gasteiger partial charge in [0.05, 0.1) is 5.75 Å². The van der Waals surface area contributed by atoms with E-state index in [0.29, 0.717) is 22.2 Å². The molecule has 0 spiro atoms. The summed E-state index contributed by atoms with van der Waals surface area (Å²) < 4.78 is 0. The molecule has 0 aliphatic rings. The second-order valence-electron chi connectivity index (χ2n) is 8.40. The number of nitrogens with zero attached hydrogens (tertiary/aromatic N) is 1. The zero-order valence-corrected chi connectivity index (χ0v) is 20.8. The number of carbonyl (C=O) groups excluding carboxylic acids is 2. The van der Waals surface area contributed by atoms with Gasteiger partial charge in [-0.3, -0.25) is 9.59 Å². The predicted octanol–water partition coefficient (Wildman–Crippen LogP) is 5.95. The molecule has 2 rings (SSSR count). The van der Waals surface area contributed by atoms with Gasteiger partial charge in [-0.25, -0.2) is 0 Å². The molecule has 0 radical (unpaired) electrons. The van der Waals surface area contributed by atoms with E-state index >= 15 is 0 Å². The monoisotopic (exact) mass is 480 g/mol. The third-order valence-corrected chi connectivity index (χ3v) is 6.16. The molecule has 0 aliphatic heterocycles. The smallest absolute Gasteiger partial charge is 0.243 e. The van der Waals surface area contributed by atoms with Crippen molar-refractivity contribution in [3.8, 4) is 0 Å². The van der Waals surface area contributed by atoms with Gasteiger partial charge in [-0.1, -0.05) is 60.5 Å². The zero-order valence-electron chi connectivity index (χ0n) is 18.5. The standard InChI is InChI=1S/C24H30Cl2N2O2S/c1-5-21(23(30)27-24(2,3)4)28(14-18-10-6-7-12-20(18)26)22(29)16-31-15-17-9-8-11-19(25)13-17/h6-13,21H,5,14-16H2,1-4H3,(H,27,30)/t21-/m0/s1. The summed E-state index contributed by atoms with van der Waals surface area (Å²) in [6.45, 7) is 7.99. The van der Waals surface area contributed by atoms with Gasteiger partial charge in [0.1, 0.15) is 6.04 Å². The second-order valence-corrected chi connectivity index (χ2v) is 10.2. The average molecular weight is 481 g/mol. The summed E-state index contributed by atoms with van der Waals surface area (Å²) in [5.74, 6) is 0.672. The Balaban J connectivity index is 2.17. The number of thioether (sulfide) groups is 1. The van der Waals surface area contributed by atoms with Crippen LogP contribution < -0.4 is 5.32 Å². The quantitative estimate of drug-likeness (QED) is 0.482. The van der Waals surface area contributed by atoms with Crippen LogP contribution >= 0.6 is 35.0 Å². The summed E-state index contributed by atoms with van der Waals surface area (Å²) in [6.07, 6.45) is 0.511. The van der Waals surface area contributed by atoms with Crippen molar-refractivity contribution >= 4 is 46.8 Å². The van der Waals surface area contributed by atoms with E-state index in [0.717, 1.165) is 11.1 Å². The summed E-state index contributed by atoms with van der Waals surface area (Å²) >= 11 is 13.9. The zero-order chi connectivity index (χ0) is 23.0. The van der Waals surface area contributed by atoms with Crippen molar-refractivity contribution in [2.75, 3.05) is 5.75 Å². The first-order chi connectivity index (χ1) is 14.6. The summed E-state index contributed by atoms with van der Waals surface area (Å²) in [4.78, 5) is 27.9. The van der Waals surface area contributed by atoms with Crippen LogP contribution in [0.2, 0.25) is 10.0 Å². The maximum Gasteiger partial charge on any atom is 0.243 e. The van der Waals surface area contributed by atoms with Gasteiger partial charge in [0.2, 0.25) is 11.8 Å². The normalized spacial score (nSPS) is 12.3. The molecule has 0 bridgehead atoms. The minimum atomic E-state index is -0.574. The van der Waals surface area contributed by atoms with E-state index in [9.17, 15) is 9.59 Å². The fourth-order valence-corrected chi connectivity index (χ4v) is 4.41. The highest BCUT2D eigenvalue weighted by atomic mass is 35.5. The Morgan fingerprint density at radius 3 is 2.42 bits per heavy atom. The summed E-state index contributed by atoms with van der Waals surface area (Å²) in [5, 5.41) is 4.26. The Labute approximate surface area is 199 Å². The van der Waals surface area contributed by atoms with Crippen LogP contribution in [0, 0.1) is 0 Å². The van der Waals surface area contributed by atoms with Gasteiger partial charge in [0.25, 0.3) is 0 Å². The Kier molecular flexibility index (Phi) is 9.73. The van der Waals surface area contributed by atoms with E-state index in [2.05, 4.69) is 5.32 Å². The molecule has 0 aromatic heterocycles. The van der Waals surface area contributed by atoms with Crippen LogP contribution in [0.1, 0.15) is 45.2 Å². The topological polar surface area (TPSA) is 49.4 Å². The van der Waals surface area contributed by atoms with Crippen molar-refractivity contribution in [2.24, 2.45) is 0 Å². The number of hydrogen-bond acceptors (Lipinski definition) is 3. The van der Waals surface area contributed by atoms with Gasteiger partial charge in [0.15, 0.2) is 0 Å². The maximum atomic E-state index is 13.2. The molecule has 0 fully saturated rings. The minimum absolute atomic E-state index is 0.0946. The number of hydrogen-bond donors (Lipinski definition) is 1. The molecule has 31 heavy (non-hydrogen) atoms. The molecule has 4 nitrogen and oxygen atoms in total. The highest BCUT2D eigenvalue weighted by Crippen LogP contribution is 2.22. The Bertz CT molecular complexity index is 899. The lowest BCUT2D eigenvalue weighted by Gasteiger charge is -2.33. The van der Waals surface area contributed by atoms with Crippen molar-refractivity contribution in [2.45, 2.75) is 58.0 Å². The van der Waals surface area contributed by atoms with E-state index in [4.69, 9.17) is 23.2 Å². The van der Waals surface area contributed by atoms with E-state index in [-0.39, 0.29) is 29.7 Å². The molecular formula is C24H30Cl2N2O2S. The summed E-state index contributed by atoms with van der Waals surface area (Å²) in [7, 11) is 0. The van der Waals surface area contributed by atoms with Crippen LogP contribution in [0.5, 0.6) is 0 Å². The van der Waals surface area contributed by atoms with Crippen LogP contribution in [-0.2, 0) is 21.9 Å². The molecule has 7 heteroatoms. The largest absolute Gasteiger partial charge is 0.350 e. The number of nitrogens with one attached hydrogen (secondary N) is 1. The number of halogens is 2. The van der Waals surface area contributed by atoms with Crippen molar-refractivity contribution in [1.82, 2.24) is 10.2 Å². The van der Waals surface area contributed by atoms with E-state index in [1.807, 2.05) is 70.2 Å². The maximum absolute atomic E-state index is 13.2. The molecule has 1 atom stereocenters. The van der Waals surface area contributed by atoms with Crippen LogP contribution in [-0.4, -0.2) is 34.0 Å². The van der Waals surface area contributed by atoms with Gasteiger partial charge < -0.3 is 10.2 Å². The number of carbonyl (C=O) groups is 2. The molecule has 168 valence electrons. The van der Waals surface area contributed by atoms with Crippen LogP contribution in [0.25, 0.3) is 0 Å². The number of rotatable bonds is 9. The molecule has 0 aliphatic carbocycles. The van der Waals surface area contributed by atoms with Crippen molar-refractivity contribution in [1.29, 1.82) is 0 Å². The summed E-state index contributed by atoms with van der Waals surface area (Å²) in [5.41, 5.74) is 1.49. The Hall–Kier alpha value is -1.69. The predicted molar refractivity (Wildman–Crippen MR) is 132 cm³/mol. The Morgan fingerprint density at radius 1 is 1.10 bits per heavy atom. The first kappa shape index (κ1) is 25.6. The minimum Gasteiger partial charge on any atom is -0.350 e. The molecule has 0 heterocycles. The lowest BCUT2D eigenvalue weighted by atomic mass is 10.1. The third kappa shape index (κ3) is 8.40. The van der Waals surface area contributed by atoms with Crippen molar-refractivity contribution in [3.05, 3.63) is 69.7 Å². The van der Waals surface area contributed by atoms with Crippen molar-refractivity contribution in [3.63, 3.8) is 0 Å². The van der Waals surface area contributed by atoms with Gasteiger partial charge in [-0.2, -0.15) is 0 Å². The van der Waals surface area contributed by atoms with E-state index < -0.39 is 6.04 Å². The number of benzene rings is 2. The molecule has 0 unspecified atom stereocenters. The Morgan fingerprint density at radius 2 is 1.81 bits per heavy atom. The average Bonchev–Trinajstić information content (AvgIpc) is 2.68. The number of amides is 2. The first-order valence-corrected chi connectivity index (χ1v) is 12.2. The molecule has 2 amide bonds.